The maximum Gasteiger partial charge on any atom is 0.0699 e. The molecule has 2 aromatic rings. The first-order valence-corrected chi connectivity index (χ1v) is 6.44. The molecule has 1 heterocycles. The van der Waals surface area contributed by atoms with Crippen LogP contribution in [-0.4, -0.2) is 9.67 Å². The number of para-hydroxylation sites is 1. The normalized spacial score (nSPS) is 11.2. The SMILES string of the molecule is Cc1cc(CO)c(C)n1-c1ccccc1C(C)C. The zero-order valence-electron chi connectivity index (χ0n) is 11.6. The molecule has 1 aromatic heterocycles. The second kappa shape index (κ2) is 4.99. The Hall–Kier alpha value is -1.54. The van der Waals surface area contributed by atoms with Crippen LogP contribution < -0.4 is 0 Å². The van der Waals surface area contributed by atoms with E-state index in [0.29, 0.717) is 5.92 Å². The monoisotopic (exact) mass is 243 g/mol. The first-order chi connectivity index (χ1) is 8.56. The molecule has 0 bridgehead atoms. The summed E-state index contributed by atoms with van der Waals surface area (Å²) in [6.07, 6.45) is 0. The first kappa shape index (κ1) is 12.9. The minimum atomic E-state index is 0.101. The Labute approximate surface area is 109 Å². The Balaban J connectivity index is 2.66. The number of aliphatic hydroxyl groups is 1. The molecule has 2 rings (SSSR count). The zero-order chi connectivity index (χ0) is 13.3. The van der Waals surface area contributed by atoms with Crippen molar-refractivity contribution in [1.29, 1.82) is 0 Å². The lowest BCUT2D eigenvalue weighted by Crippen LogP contribution is -2.04. The summed E-state index contributed by atoms with van der Waals surface area (Å²) in [5.41, 5.74) is 5.87. The van der Waals surface area contributed by atoms with Gasteiger partial charge in [0.25, 0.3) is 0 Å². The lowest BCUT2D eigenvalue weighted by Gasteiger charge is -2.17. The van der Waals surface area contributed by atoms with Gasteiger partial charge in [0.1, 0.15) is 0 Å². The van der Waals surface area contributed by atoms with Crippen LogP contribution in [0.25, 0.3) is 5.69 Å². The zero-order valence-corrected chi connectivity index (χ0v) is 11.6. The molecule has 0 saturated heterocycles. The van der Waals surface area contributed by atoms with E-state index in [1.54, 1.807) is 0 Å². The summed E-state index contributed by atoms with van der Waals surface area (Å²) >= 11 is 0. The van der Waals surface area contributed by atoms with Crippen LogP contribution in [0.1, 0.15) is 42.3 Å². The van der Waals surface area contributed by atoms with Crippen molar-refractivity contribution < 1.29 is 5.11 Å². The Morgan fingerprint density at radius 1 is 1.17 bits per heavy atom. The van der Waals surface area contributed by atoms with Crippen molar-refractivity contribution in [3.05, 3.63) is 52.8 Å². The number of aryl methyl sites for hydroxylation is 1. The summed E-state index contributed by atoms with van der Waals surface area (Å²) in [5.74, 6) is 0.486. The van der Waals surface area contributed by atoms with E-state index in [9.17, 15) is 5.11 Å². The van der Waals surface area contributed by atoms with Crippen LogP contribution in [0, 0.1) is 13.8 Å². The first-order valence-electron chi connectivity index (χ1n) is 6.44. The Morgan fingerprint density at radius 3 is 2.39 bits per heavy atom. The van der Waals surface area contributed by atoms with Gasteiger partial charge in [-0.2, -0.15) is 0 Å². The Morgan fingerprint density at radius 2 is 1.83 bits per heavy atom. The Bertz CT molecular complexity index is 552. The van der Waals surface area contributed by atoms with Crippen LogP contribution in [0.15, 0.2) is 30.3 Å². The highest BCUT2D eigenvalue weighted by molar-refractivity contribution is 5.47. The summed E-state index contributed by atoms with van der Waals surface area (Å²) in [6, 6.07) is 10.5. The summed E-state index contributed by atoms with van der Waals surface area (Å²) in [5, 5.41) is 9.37. The van der Waals surface area contributed by atoms with Gasteiger partial charge in [0.05, 0.1) is 6.61 Å². The van der Waals surface area contributed by atoms with Gasteiger partial charge in [-0.1, -0.05) is 32.0 Å². The molecule has 0 radical (unpaired) electrons. The van der Waals surface area contributed by atoms with Gasteiger partial charge < -0.3 is 9.67 Å². The third-order valence-corrected chi connectivity index (χ3v) is 3.51. The van der Waals surface area contributed by atoms with E-state index in [1.165, 1.54) is 16.9 Å². The van der Waals surface area contributed by atoms with Gasteiger partial charge >= 0.3 is 0 Å². The predicted molar refractivity (Wildman–Crippen MR) is 75.3 cm³/mol. The molecule has 1 aromatic carbocycles. The van der Waals surface area contributed by atoms with E-state index >= 15 is 0 Å². The molecule has 0 unspecified atom stereocenters. The van der Waals surface area contributed by atoms with Gasteiger partial charge in [0, 0.05) is 17.1 Å². The average molecular weight is 243 g/mol. The molecule has 0 aliphatic rings. The number of hydrogen-bond acceptors (Lipinski definition) is 1. The maximum atomic E-state index is 9.37. The van der Waals surface area contributed by atoms with Crippen LogP contribution in [0.5, 0.6) is 0 Å². The highest BCUT2D eigenvalue weighted by atomic mass is 16.3. The third-order valence-electron chi connectivity index (χ3n) is 3.51. The second-order valence-electron chi connectivity index (χ2n) is 5.10. The van der Waals surface area contributed by atoms with Crippen LogP contribution in [0.4, 0.5) is 0 Å². The van der Waals surface area contributed by atoms with Crippen LogP contribution in [0.3, 0.4) is 0 Å². The number of aliphatic hydroxyl groups excluding tert-OH is 1. The standard InChI is InChI=1S/C16H21NO/c1-11(2)15-7-5-6-8-16(15)17-12(3)9-14(10-18)13(17)4/h5-9,11,18H,10H2,1-4H3. The van der Waals surface area contributed by atoms with E-state index < -0.39 is 0 Å². The number of hydrogen-bond donors (Lipinski definition) is 1. The fraction of sp³-hybridized carbons (Fsp3) is 0.375. The number of nitrogens with zero attached hydrogens (tertiary/aromatic N) is 1. The summed E-state index contributed by atoms with van der Waals surface area (Å²) in [7, 11) is 0. The van der Waals surface area contributed by atoms with E-state index in [2.05, 4.69) is 62.6 Å². The topological polar surface area (TPSA) is 25.2 Å². The van der Waals surface area contributed by atoms with Crippen LogP contribution in [-0.2, 0) is 6.61 Å². The van der Waals surface area contributed by atoms with Gasteiger partial charge in [-0.05, 0) is 43.0 Å². The summed E-state index contributed by atoms with van der Waals surface area (Å²) in [4.78, 5) is 0. The van der Waals surface area contributed by atoms with E-state index in [0.717, 1.165) is 11.3 Å². The molecule has 2 heteroatoms. The van der Waals surface area contributed by atoms with Gasteiger partial charge in [-0.15, -0.1) is 0 Å². The smallest absolute Gasteiger partial charge is 0.0699 e. The van der Waals surface area contributed by atoms with Crippen LogP contribution >= 0.6 is 0 Å². The lowest BCUT2D eigenvalue weighted by atomic mass is 10.0. The molecule has 0 spiro atoms. The van der Waals surface area contributed by atoms with Gasteiger partial charge in [-0.25, -0.2) is 0 Å². The fourth-order valence-corrected chi connectivity index (χ4v) is 2.54. The van der Waals surface area contributed by atoms with Crippen molar-refractivity contribution in [2.24, 2.45) is 0 Å². The molecule has 96 valence electrons. The largest absolute Gasteiger partial charge is 0.392 e. The van der Waals surface area contributed by atoms with Crippen molar-refractivity contribution in [3.63, 3.8) is 0 Å². The maximum absolute atomic E-state index is 9.37. The number of rotatable bonds is 3. The predicted octanol–water partition coefficient (Wildman–Crippen LogP) is 3.71. The average Bonchev–Trinajstić information content (AvgIpc) is 2.64. The summed E-state index contributed by atoms with van der Waals surface area (Å²) in [6.45, 7) is 8.67. The molecule has 0 amide bonds. The Kier molecular flexibility index (Phi) is 3.58. The van der Waals surface area contributed by atoms with Gasteiger partial charge in [0.2, 0.25) is 0 Å². The minimum Gasteiger partial charge on any atom is -0.392 e. The van der Waals surface area contributed by atoms with Gasteiger partial charge in [-0.3, -0.25) is 0 Å². The lowest BCUT2D eigenvalue weighted by molar-refractivity contribution is 0.281. The molecule has 0 fully saturated rings. The molecule has 0 aliphatic heterocycles. The van der Waals surface area contributed by atoms with E-state index in [4.69, 9.17) is 0 Å². The molecule has 0 saturated carbocycles. The van der Waals surface area contributed by atoms with Crippen molar-refractivity contribution in [3.8, 4) is 5.69 Å². The highest BCUT2D eigenvalue weighted by Gasteiger charge is 2.13. The van der Waals surface area contributed by atoms with Crippen molar-refractivity contribution >= 4 is 0 Å². The number of benzene rings is 1. The molecule has 0 aliphatic carbocycles. The van der Waals surface area contributed by atoms with Crippen molar-refractivity contribution in [2.75, 3.05) is 0 Å². The van der Waals surface area contributed by atoms with Gasteiger partial charge in [0.15, 0.2) is 0 Å². The minimum absolute atomic E-state index is 0.101. The summed E-state index contributed by atoms with van der Waals surface area (Å²) < 4.78 is 2.24. The quantitative estimate of drug-likeness (QED) is 0.873. The number of aromatic nitrogens is 1. The second-order valence-corrected chi connectivity index (χ2v) is 5.10. The molecular weight excluding hydrogens is 222 g/mol. The van der Waals surface area contributed by atoms with Crippen LogP contribution in [0.2, 0.25) is 0 Å². The van der Waals surface area contributed by atoms with E-state index in [1.807, 2.05) is 0 Å². The molecular formula is C16H21NO. The molecule has 2 nitrogen and oxygen atoms in total. The fourth-order valence-electron chi connectivity index (χ4n) is 2.54. The molecule has 1 N–H and O–H groups in total. The molecule has 18 heavy (non-hydrogen) atoms. The van der Waals surface area contributed by atoms with E-state index in [-0.39, 0.29) is 6.61 Å². The van der Waals surface area contributed by atoms with Crippen molar-refractivity contribution in [2.45, 2.75) is 40.2 Å². The highest BCUT2D eigenvalue weighted by Crippen LogP contribution is 2.27. The van der Waals surface area contributed by atoms with Crippen molar-refractivity contribution in [1.82, 2.24) is 4.57 Å². The third kappa shape index (κ3) is 2.08. The molecule has 0 atom stereocenters.